The molecule has 1 N–H and O–H groups in total. The van der Waals surface area contributed by atoms with E-state index in [0.717, 1.165) is 0 Å². The summed E-state index contributed by atoms with van der Waals surface area (Å²) < 4.78 is 10.7. The zero-order chi connectivity index (χ0) is 22.4. The van der Waals surface area contributed by atoms with Crippen molar-refractivity contribution >= 4 is 28.9 Å². The van der Waals surface area contributed by atoms with Crippen molar-refractivity contribution in [3.8, 4) is 0 Å². The minimum atomic E-state index is -0.523. The van der Waals surface area contributed by atoms with E-state index in [1.54, 1.807) is 25.1 Å². The number of carbonyl (C=O) groups excluding carboxylic acids is 2. The van der Waals surface area contributed by atoms with Crippen LogP contribution in [0.1, 0.15) is 39.6 Å². The molecule has 0 aromatic heterocycles. The normalized spacial score (nSPS) is 13.5. The summed E-state index contributed by atoms with van der Waals surface area (Å²) in [6.45, 7) is 6.23. The van der Waals surface area contributed by atoms with Crippen LogP contribution in [0.2, 0.25) is 0 Å². The number of nitro groups is 1. The lowest BCUT2D eigenvalue weighted by Crippen LogP contribution is -2.37. The van der Waals surface area contributed by atoms with E-state index in [1.165, 1.54) is 18.2 Å². The maximum absolute atomic E-state index is 12.7. The summed E-state index contributed by atoms with van der Waals surface area (Å²) in [5.74, 6) is -0.972. The molecule has 164 valence electrons. The number of amides is 1. The Morgan fingerprint density at radius 2 is 1.94 bits per heavy atom. The third-order valence-electron chi connectivity index (χ3n) is 4.93. The van der Waals surface area contributed by atoms with Crippen LogP contribution in [0.5, 0.6) is 0 Å². The number of hydrogen-bond donors (Lipinski definition) is 1. The molecule has 1 aliphatic heterocycles. The van der Waals surface area contributed by atoms with E-state index in [-0.39, 0.29) is 11.3 Å². The van der Waals surface area contributed by atoms with Gasteiger partial charge in [0.2, 0.25) is 0 Å². The van der Waals surface area contributed by atoms with Crippen LogP contribution in [-0.2, 0) is 9.47 Å². The summed E-state index contributed by atoms with van der Waals surface area (Å²) in [6, 6.07) is 9.33. The van der Waals surface area contributed by atoms with E-state index in [1.807, 2.05) is 11.8 Å². The number of nitrogens with zero attached hydrogens (tertiary/aromatic N) is 2. The fourth-order valence-electron chi connectivity index (χ4n) is 3.28. The van der Waals surface area contributed by atoms with Crippen LogP contribution >= 0.6 is 0 Å². The summed E-state index contributed by atoms with van der Waals surface area (Å²) in [5.41, 5.74) is 1.96. The third-order valence-corrected chi connectivity index (χ3v) is 4.93. The first-order chi connectivity index (χ1) is 14.9. The number of benzene rings is 2. The molecule has 1 aliphatic rings. The van der Waals surface area contributed by atoms with Gasteiger partial charge in [0.05, 0.1) is 36.0 Å². The van der Waals surface area contributed by atoms with Gasteiger partial charge in [-0.15, -0.1) is 0 Å². The summed E-state index contributed by atoms with van der Waals surface area (Å²) in [6.07, 6.45) is 0.696. The van der Waals surface area contributed by atoms with Crippen molar-refractivity contribution in [2.45, 2.75) is 20.3 Å². The van der Waals surface area contributed by atoms with Crippen molar-refractivity contribution < 1.29 is 24.0 Å². The van der Waals surface area contributed by atoms with Crippen LogP contribution in [0.25, 0.3) is 0 Å². The number of anilines is 2. The lowest BCUT2D eigenvalue weighted by atomic mass is 10.1. The van der Waals surface area contributed by atoms with E-state index >= 15 is 0 Å². The lowest BCUT2D eigenvalue weighted by Gasteiger charge is -2.30. The van der Waals surface area contributed by atoms with Crippen molar-refractivity contribution in [1.82, 2.24) is 0 Å². The standard InChI is InChI=1S/C22H25N3O6/c1-3-10-31-22(27)18-14-17(6-7-19(18)24-8-11-30-12-9-24)23-21(26)16-5-4-15(2)20(13-16)25(28)29/h4-7,13-14H,3,8-12H2,1-2H3,(H,23,26). The summed E-state index contributed by atoms with van der Waals surface area (Å²) in [7, 11) is 0. The molecular weight excluding hydrogens is 402 g/mol. The van der Waals surface area contributed by atoms with Gasteiger partial charge in [0.15, 0.2) is 0 Å². The van der Waals surface area contributed by atoms with Gasteiger partial charge in [0.1, 0.15) is 0 Å². The van der Waals surface area contributed by atoms with Crippen molar-refractivity contribution in [2.24, 2.45) is 0 Å². The summed E-state index contributed by atoms with van der Waals surface area (Å²) in [5, 5.41) is 13.9. The molecule has 9 nitrogen and oxygen atoms in total. The molecule has 0 spiro atoms. The monoisotopic (exact) mass is 427 g/mol. The second-order valence-corrected chi connectivity index (χ2v) is 7.18. The minimum absolute atomic E-state index is 0.126. The van der Waals surface area contributed by atoms with Crippen LogP contribution < -0.4 is 10.2 Å². The number of morpholine rings is 1. The molecule has 1 amide bonds. The average Bonchev–Trinajstić information content (AvgIpc) is 2.78. The number of nitrogens with one attached hydrogen (secondary N) is 1. The van der Waals surface area contributed by atoms with Gasteiger partial charge in [-0.1, -0.05) is 13.0 Å². The van der Waals surface area contributed by atoms with E-state index in [0.29, 0.717) is 61.8 Å². The smallest absolute Gasteiger partial charge is 0.340 e. The minimum Gasteiger partial charge on any atom is -0.462 e. The molecule has 1 fully saturated rings. The van der Waals surface area contributed by atoms with Crippen LogP contribution in [0.4, 0.5) is 17.1 Å². The van der Waals surface area contributed by atoms with Gasteiger partial charge in [0.25, 0.3) is 11.6 Å². The predicted molar refractivity (Wildman–Crippen MR) is 116 cm³/mol. The second-order valence-electron chi connectivity index (χ2n) is 7.18. The highest BCUT2D eigenvalue weighted by Gasteiger charge is 2.21. The van der Waals surface area contributed by atoms with E-state index < -0.39 is 16.8 Å². The molecule has 0 aliphatic carbocycles. The summed E-state index contributed by atoms with van der Waals surface area (Å²) >= 11 is 0. The van der Waals surface area contributed by atoms with Gasteiger partial charge in [-0.05, 0) is 37.6 Å². The largest absolute Gasteiger partial charge is 0.462 e. The van der Waals surface area contributed by atoms with Crippen LogP contribution in [0.3, 0.4) is 0 Å². The molecule has 0 atom stereocenters. The van der Waals surface area contributed by atoms with Crippen molar-refractivity contribution in [2.75, 3.05) is 43.1 Å². The maximum Gasteiger partial charge on any atom is 0.340 e. The highest BCUT2D eigenvalue weighted by atomic mass is 16.6. The topological polar surface area (TPSA) is 111 Å². The van der Waals surface area contributed by atoms with Gasteiger partial charge in [-0.3, -0.25) is 14.9 Å². The molecule has 0 saturated carbocycles. The number of nitro benzene ring substituents is 1. The SMILES string of the molecule is CCCOC(=O)c1cc(NC(=O)c2ccc(C)c([N+](=O)[O-])c2)ccc1N1CCOCC1. The zero-order valence-corrected chi connectivity index (χ0v) is 17.6. The third kappa shape index (κ3) is 5.37. The Labute approximate surface area is 180 Å². The average molecular weight is 427 g/mol. The Morgan fingerprint density at radius 1 is 1.19 bits per heavy atom. The molecule has 31 heavy (non-hydrogen) atoms. The first-order valence-corrected chi connectivity index (χ1v) is 10.1. The molecule has 1 heterocycles. The van der Waals surface area contributed by atoms with Crippen molar-refractivity contribution in [3.63, 3.8) is 0 Å². The molecule has 2 aromatic carbocycles. The molecule has 2 aromatic rings. The van der Waals surface area contributed by atoms with Gasteiger partial charge < -0.3 is 19.7 Å². The Morgan fingerprint density at radius 3 is 2.61 bits per heavy atom. The van der Waals surface area contributed by atoms with E-state index in [9.17, 15) is 19.7 Å². The number of esters is 1. The fourth-order valence-corrected chi connectivity index (χ4v) is 3.28. The zero-order valence-electron chi connectivity index (χ0n) is 17.6. The second kappa shape index (κ2) is 10.0. The molecule has 0 bridgehead atoms. The van der Waals surface area contributed by atoms with Crippen LogP contribution in [0.15, 0.2) is 36.4 Å². The van der Waals surface area contributed by atoms with Gasteiger partial charge in [-0.2, -0.15) is 0 Å². The summed E-state index contributed by atoms with van der Waals surface area (Å²) in [4.78, 5) is 38.0. The van der Waals surface area contributed by atoms with Crippen molar-refractivity contribution in [3.05, 3.63) is 63.2 Å². The van der Waals surface area contributed by atoms with Gasteiger partial charge >= 0.3 is 5.97 Å². The van der Waals surface area contributed by atoms with E-state index in [2.05, 4.69) is 5.32 Å². The molecule has 3 rings (SSSR count). The number of hydrogen-bond acceptors (Lipinski definition) is 7. The van der Waals surface area contributed by atoms with Gasteiger partial charge in [-0.25, -0.2) is 4.79 Å². The number of aryl methyl sites for hydroxylation is 1. The molecular formula is C22H25N3O6. The molecule has 0 unspecified atom stereocenters. The highest BCUT2D eigenvalue weighted by molar-refractivity contribution is 6.06. The number of ether oxygens (including phenoxy) is 2. The quantitative estimate of drug-likeness (QED) is 0.408. The lowest BCUT2D eigenvalue weighted by molar-refractivity contribution is -0.385. The van der Waals surface area contributed by atoms with Crippen LogP contribution in [0, 0.1) is 17.0 Å². The van der Waals surface area contributed by atoms with E-state index in [4.69, 9.17) is 9.47 Å². The Balaban J connectivity index is 1.87. The fraction of sp³-hybridized carbons (Fsp3) is 0.364. The van der Waals surface area contributed by atoms with Crippen molar-refractivity contribution in [1.29, 1.82) is 0 Å². The highest BCUT2D eigenvalue weighted by Crippen LogP contribution is 2.27. The number of rotatable bonds is 7. The molecule has 0 radical (unpaired) electrons. The molecule has 9 heteroatoms. The predicted octanol–water partition coefficient (Wildman–Crippen LogP) is 3.56. The maximum atomic E-state index is 12.7. The number of carbonyl (C=O) groups is 2. The Bertz CT molecular complexity index is 985. The molecule has 1 saturated heterocycles. The first-order valence-electron chi connectivity index (χ1n) is 10.1. The van der Waals surface area contributed by atoms with Crippen LogP contribution in [-0.4, -0.2) is 49.7 Å². The van der Waals surface area contributed by atoms with Gasteiger partial charge in [0, 0.05) is 36.0 Å². The first kappa shape index (κ1) is 22.2. The Hall–Kier alpha value is -3.46. The Kier molecular flexibility index (Phi) is 7.19.